The molecule has 1 N–H and O–H groups in total. The molecule has 1 aliphatic heterocycles. The SMILES string of the molecule is COC(=O)c1ccc(N=C2S/C(=C\c3ccc(O)c([N+](=O)[O-])c3)C(=O)N2C)cc1. The Balaban J connectivity index is 1.87. The number of amidine groups is 1. The number of rotatable bonds is 4. The highest BCUT2D eigenvalue weighted by molar-refractivity contribution is 8.18. The lowest BCUT2D eigenvalue weighted by molar-refractivity contribution is -0.385. The van der Waals surface area contributed by atoms with Gasteiger partial charge < -0.3 is 9.84 Å². The number of phenolic OH excluding ortho intramolecular Hbond substituents is 1. The van der Waals surface area contributed by atoms with Crippen LogP contribution in [0.15, 0.2) is 52.4 Å². The fraction of sp³-hybridized carbons (Fsp3) is 0.105. The molecule has 29 heavy (non-hydrogen) atoms. The molecule has 1 saturated heterocycles. The number of likely N-dealkylation sites (N-methyl/N-ethyl adjacent to an activating group) is 1. The Labute approximate surface area is 169 Å². The summed E-state index contributed by atoms with van der Waals surface area (Å²) in [6.07, 6.45) is 1.50. The van der Waals surface area contributed by atoms with Gasteiger partial charge in [-0.25, -0.2) is 9.79 Å². The predicted molar refractivity (Wildman–Crippen MR) is 108 cm³/mol. The minimum absolute atomic E-state index is 0.310. The molecule has 0 radical (unpaired) electrons. The van der Waals surface area contributed by atoms with E-state index in [9.17, 15) is 24.8 Å². The molecule has 0 unspecified atom stereocenters. The van der Waals surface area contributed by atoms with Crippen molar-refractivity contribution in [2.75, 3.05) is 14.2 Å². The van der Waals surface area contributed by atoms with Gasteiger partial charge in [-0.3, -0.25) is 19.8 Å². The monoisotopic (exact) mass is 413 g/mol. The molecule has 1 amide bonds. The van der Waals surface area contributed by atoms with Crippen LogP contribution in [0, 0.1) is 10.1 Å². The van der Waals surface area contributed by atoms with Crippen LogP contribution in [0.5, 0.6) is 5.75 Å². The van der Waals surface area contributed by atoms with Crippen molar-refractivity contribution < 1.29 is 24.4 Å². The molecular weight excluding hydrogens is 398 g/mol. The Morgan fingerprint density at radius 1 is 1.28 bits per heavy atom. The zero-order chi connectivity index (χ0) is 21.1. The molecule has 0 atom stereocenters. The first-order valence-corrected chi connectivity index (χ1v) is 9.04. The Bertz CT molecular complexity index is 1060. The molecule has 0 aromatic heterocycles. The smallest absolute Gasteiger partial charge is 0.337 e. The zero-order valence-corrected chi connectivity index (χ0v) is 16.2. The highest BCUT2D eigenvalue weighted by Gasteiger charge is 2.30. The maximum Gasteiger partial charge on any atom is 0.337 e. The molecule has 0 saturated carbocycles. The number of carbonyl (C=O) groups is 2. The molecule has 0 spiro atoms. The number of thioether (sulfide) groups is 1. The van der Waals surface area contributed by atoms with Crippen molar-refractivity contribution in [3.8, 4) is 5.75 Å². The van der Waals surface area contributed by atoms with Crippen molar-refractivity contribution >= 4 is 46.3 Å². The van der Waals surface area contributed by atoms with E-state index in [4.69, 9.17) is 0 Å². The summed E-state index contributed by atoms with van der Waals surface area (Å²) in [7, 11) is 2.86. The Morgan fingerprint density at radius 2 is 1.97 bits per heavy atom. The third-order valence-electron chi connectivity index (χ3n) is 4.01. The third kappa shape index (κ3) is 4.27. The number of nitrogens with zero attached hydrogens (tertiary/aromatic N) is 3. The van der Waals surface area contributed by atoms with E-state index >= 15 is 0 Å². The van der Waals surface area contributed by atoms with Crippen LogP contribution in [-0.2, 0) is 9.53 Å². The van der Waals surface area contributed by atoms with Crippen LogP contribution in [0.2, 0.25) is 0 Å². The number of phenols is 1. The van der Waals surface area contributed by atoms with E-state index in [1.807, 2.05) is 0 Å². The van der Waals surface area contributed by atoms with Crippen LogP contribution in [-0.4, -0.2) is 46.1 Å². The summed E-state index contributed by atoms with van der Waals surface area (Å²) < 4.78 is 4.64. The largest absolute Gasteiger partial charge is 0.502 e. The number of ether oxygens (including phenoxy) is 1. The fourth-order valence-corrected chi connectivity index (χ4v) is 3.47. The van der Waals surface area contributed by atoms with Crippen molar-refractivity contribution in [2.45, 2.75) is 0 Å². The van der Waals surface area contributed by atoms with Crippen molar-refractivity contribution in [1.29, 1.82) is 0 Å². The van der Waals surface area contributed by atoms with Crippen molar-refractivity contribution in [3.63, 3.8) is 0 Å². The normalized spacial score (nSPS) is 16.5. The molecule has 148 valence electrons. The van der Waals surface area contributed by atoms with E-state index in [1.54, 1.807) is 31.3 Å². The number of nitro benzene ring substituents is 1. The van der Waals surface area contributed by atoms with Gasteiger partial charge >= 0.3 is 11.7 Å². The third-order valence-corrected chi connectivity index (χ3v) is 5.07. The first-order chi connectivity index (χ1) is 13.8. The van der Waals surface area contributed by atoms with Crippen LogP contribution in [0.4, 0.5) is 11.4 Å². The molecule has 10 heteroatoms. The van der Waals surface area contributed by atoms with Gasteiger partial charge in [0.2, 0.25) is 0 Å². The number of aliphatic imine (C=N–C) groups is 1. The number of benzene rings is 2. The average molecular weight is 413 g/mol. The van der Waals surface area contributed by atoms with E-state index < -0.39 is 22.3 Å². The summed E-state index contributed by atoms with van der Waals surface area (Å²) in [4.78, 5) is 40.3. The fourth-order valence-electron chi connectivity index (χ4n) is 2.48. The number of hydrogen-bond donors (Lipinski definition) is 1. The molecule has 0 aliphatic carbocycles. The average Bonchev–Trinajstić information content (AvgIpc) is 2.97. The molecule has 1 aliphatic rings. The van der Waals surface area contributed by atoms with Gasteiger partial charge in [-0.2, -0.15) is 0 Å². The summed E-state index contributed by atoms with van der Waals surface area (Å²) in [5.41, 5.74) is 0.890. The van der Waals surface area contributed by atoms with Gasteiger partial charge in [0.25, 0.3) is 5.91 Å². The molecule has 0 bridgehead atoms. The van der Waals surface area contributed by atoms with Crippen LogP contribution in [0.3, 0.4) is 0 Å². The lowest BCUT2D eigenvalue weighted by Gasteiger charge is -2.07. The molecule has 3 rings (SSSR count). The predicted octanol–water partition coefficient (Wildman–Crippen LogP) is 3.32. The summed E-state index contributed by atoms with van der Waals surface area (Å²) in [6, 6.07) is 10.3. The standard InChI is InChI=1S/C19H15N3O6S/c1-21-17(24)16(10-11-3-8-15(23)14(9-11)22(26)27)29-19(21)20-13-6-4-12(5-7-13)18(25)28-2/h3-10,23H,1-2H3/b16-10-,20-19?. The molecular formula is C19H15N3O6S. The number of carbonyl (C=O) groups excluding carboxylic acids is 2. The van der Waals surface area contributed by atoms with E-state index in [0.29, 0.717) is 26.9 Å². The van der Waals surface area contributed by atoms with Crippen molar-refractivity contribution in [1.82, 2.24) is 4.90 Å². The quantitative estimate of drug-likeness (QED) is 0.353. The maximum atomic E-state index is 12.5. The summed E-state index contributed by atoms with van der Waals surface area (Å²) in [6.45, 7) is 0. The van der Waals surface area contributed by atoms with Gasteiger partial charge in [0.15, 0.2) is 10.9 Å². The first kappa shape index (κ1) is 20.1. The zero-order valence-electron chi connectivity index (χ0n) is 15.4. The van der Waals surface area contributed by atoms with E-state index in [0.717, 1.165) is 11.8 Å². The van der Waals surface area contributed by atoms with E-state index in [-0.39, 0.29) is 5.91 Å². The molecule has 2 aromatic rings. The van der Waals surface area contributed by atoms with Gasteiger partial charge in [0, 0.05) is 13.1 Å². The second-order valence-electron chi connectivity index (χ2n) is 5.91. The maximum absolute atomic E-state index is 12.5. The number of nitro groups is 1. The summed E-state index contributed by atoms with van der Waals surface area (Å²) in [5.74, 6) is -1.21. The van der Waals surface area contributed by atoms with E-state index in [1.165, 1.54) is 36.3 Å². The Kier molecular flexibility index (Phi) is 5.64. The second-order valence-corrected chi connectivity index (χ2v) is 6.92. The Hall–Kier alpha value is -3.66. The topological polar surface area (TPSA) is 122 Å². The Morgan fingerprint density at radius 3 is 2.59 bits per heavy atom. The van der Waals surface area contributed by atoms with Crippen LogP contribution in [0.1, 0.15) is 15.9 Å². The van der Waals surface area contributed by atoms with Gasteiger partial charge in [0.1, 0.15) is 0 Å². The number of methoxy groups -OCH3 is 1. The number of esters is 1. The number of aromatic hydroxyl groups is 1. The highest BCUT2D eigenvalue weighted by Crippen LogP contribution is 2.34. The van der Waals surface area contributed by atoms with Crippen LogP contribution < -0.4 is 0 Å². The van der Waals surface area contributed by atoms with Crippen molar-refractivity contribution in [2.24, 2.45) is 4.99 Å². The minimum Gasteiger partial charge on any atom is -0.502 e. The first-order valence-electron chi connectivity index (χ1n) is 8.22. The summed E-state index contributed by atoms with van der Waals surface area (Å²) >= 11 is 1.11. The molecule has 9 nitrogen and oxygen atoms in total. The van der Waals surface area contributed by atoms with Gasteiger partial charge in [-0.1, -0.05) is 6.07 Å². The number of amides is 1. The highest BCUT2D eigenvalue weighted by atomic mass is 32.2. The van der Waals surface area contributed by atoms with Crippen molar-refractivity contribution in [3.05, 3.63) is 68.6 Å². The molecule has 1 fully saturated rings. The lowest BCUT2D eigenvalue weighted by atomic mass is 10.1. The molecule has 2 aromatic carbocycles. The van der Waals surface area contributed by atoms with Crippen LogP contribution >= 0.6 is 11.8 Å². The number of hydrogen-bond acceptors (Lipinski definition) is 8. The van der Waals surface area contributed by atoms with Crippen LogP contribution in [0.25, 0.3) is 6.08 Å². The minimum atomic E-state index is -0.696. The van der Waals surface area contributed by atoms with Gasteiger partial charge in [0.05, 0.1) is 28.2 Å². The lowest BCUT2D eigenvalue weighted by Crippen LogP contribution is -2.23. The molecule has 1 heterocycles. The van der Waals surface area contributed by atoms with Gasteiger partial charge in [-0.05, 0) is 53.7 Å². The summed E-state index contributed by atoms with van der Waals surface area (Å²) in [5, 5.41) is 20.9. The van der Waals surface area contributed by atoms with Gasteiger partial charge in [-0.15, -0.1) is 0 Å². The second kappa shape index (κ2) is 8.15. The van der Waals surface area contributed by atoms with E-state index in [2.05, 4.69) is 9.73 Å².